The van der Waals surface area contributed by atoms with Crippen LogP contribution in [0.5, 0.6) is 0 Å². The van der Waals surface area contributed by atoms with E-state index in [0.717, 1.165) is 41.5 Å². The van der Waals surface area contributed by atoms with Gasteiger partial charge in [-0.1, -0.05) is 0 Å². The number of nitrogens with one attached hydrogen (secondary N) is 1. The van der Waals surface area contributed by atoms with Crippen LogP contribution in [0.15, 0.2) is 18.6 Å². The number of aromatic amines is 1. The van der Waals surface area contributed by atoms with Crippen LogP contribution in [0.25, 0.3) is 11.0 Å². The summed E-state index contributed by atoms with van der Waals surface area (Å²) in [7, 11) is 2.15. The van der Waals surface area contributed by atoms with E-state index in [0.29, 0.717) is 12.0 Å². The summed E-state index contributed by atoms with van der Waals surface area (Å²) >= 11 is 0. The standard InChI is InChI=1S/C18H23N5/c1-23(18-16-4-5-20-17(16)21-11-22-18)15-8-14(9-15)7-12-2-3-13(6-12)10-19/h4-5,11-15H,2-3,6-9H2,1H3,(H,20,21,22). The quantitative estimate of drug-likeness (QED) is 0.938. The highest BCUT2D eigenvalue weighted by molar-refractivity contribution is 5.87. The molecule has 0 aliphatic heterocycles. The molecular weight excluding hydrogens is 286 g/mol. The Hall–Kier alpha value is -2.09. The van der Waals surface area contributed by atoms with Gasteiger partial charge in [-0.25, -0.2) is 9.97 Å². The molecule has 0 amide bonds. The number of nitriles is 1. The van der Waals surface area contributed by atoms with Crippen molar-refractivity contribution in [2.45, 2.75) is 44.6 Å². The molecule has 23 heavy (non-hydrogen) atoms. The van der Waals surface area contributed by atoms with Crippen LogP contribution < -0.4 is 4.90 Å². The zero-order chi connectivity index (χ0) is 15.8. The fourth-order valence-corrected chi connectivity index (χ4v) is 4.40. The van der Waals surface area contributed by atoms with Gasteiger partial charge in [-0.2, -0.15) is 5.26 Å². The predicted molar refractivity (Wildman–Crippen MR) is 89.9 cm³/mol. The summed E-state index contributed by atoms with van der Waals surface area (Å²) in [6.45, 7) is 0. The van der Waals surface area contributed by atoms with E-state index in [9.17, 15) is 0 Å². The molecule has 2 aliphatic carbocycles. The lowest BCUT2D eigenvalue weighted by atomic mass is 9.74. The Balaban J connectivity index is 1.35. The Morgan fingerprint density at radius 1 is 1.26 bits per heavy atom. The fraction of sp³-hybridized carbons (Fsp3) is 0.611. The van der Waals surface area contributed by atoms with Crippen LogP contribution in [0.3, 0.4) is 0 Å². The molecular formula is C18H23N5. The molecule has 2 aliphatic rings. The van der Waals surface area contributed by atoms with Gasteiger partial charge in [0.15, 0.2) is 0 Å². The topological polar surface area (TPSA) is 68.6 Å². The minimum Gasteiger partial charge on any atom is -0.356 e. The smallest absolute Gasteiger partial charge is 0.142 e. The maximum Gasteiger partial charge on any atom is 0.142 e. The van der Waals surface area contributed by atoms with Crippen LogP contribution >= 0.6 is 0 Å². The third kappa shape index (κ3) is 2.67. The lowest BCUT2D eigenvalue weighted by Crippen LogP contribution is -2.43. The highest BCUT2D eigenvalue weighted by Gasteiger charge is 2.36. The molecule has 2 unspecified atom stereocenters. The number of hydrogen-bond donors (Lipinski definition) is 1. The van der Waals surface area contributed by atoms with Crippen LogP contribution in [0, 0.1) is 29.1 Å². The van der Waals surface area contributed by atoms with E-state index < -0.39 is 0 Å². The third-order valence-corrected chi connectivity index (χ3v) is 5.82. The number of H-pyrrole nitrogens is 1. The number of aromatic nitrogens is 3. The van der Waals surface area contributed by atoms with Crippen molar-refractivity contribution in [3.8, 4) is 6.07 Å². The zero-order valence-electron chi connectivity index (χ0n) is 13.6. The molecule has 2 atom stereocenters. The summed E-state index contributed by atoms with van der Waals surface area (Å²) in [5, 5.41) is 10.1. The molecule has 2 aromatic rings. The van der Waals surface area contributed by atoms with Gasteiger partial charge in [0.2, 0.25) is 0 Å². The number of rotatable bonds is 4. The Morgan fingerprint density at radius 2 is 2.13 bits per heavy atom. The van der Waals surface area contributed by atoms with Gasteiger partial charge < -0.3 is 9.88 Å². The number of anilines is 1. The summed E-state index contributed by atoms with van der Waals surface area (Å²) < 4.78 is 0. The number of nitrogens with zero attached hydrogens (tertiary/aromatic N) is 4. The average molecular weight is 309 g/mol. The van der Waals surface area contributed by atoms with Crippen molar-refractivity contribution in [1.29, 1.82) is 5.26 Å². The molecule has 2 aromatic heterocycles. The molecule has 2 saturated carbocycles. The van der Waals surface area contributed by atoms with E-state index in [1.54, 1.807) is 6.33 Å². The zero-order valence-corrected chi connectivity index (χ0v) is 13.6. The minimum absolute atomic E-state index is 0.321. The average Bonchev–Trinajstić information content (AvgIpc) is 3.18. The summed E-state index contributed by atoms with van der Waals surface area (Å²) in [5.74, 6) is 2.96. The van der Waals surface area contributed by atoms with Crippen molar-refractivity contribution < 1.29 is 0 Å². The summed E-state index contributed by atoms with van der Waals surface area (Å²) in [6, 6.07) is 5.08. The van der Waals surface area contributed by atoms with Gasteiger partial charge in [-0.3, -0.25) is 0 Å². The maximum atomic E-state index is 9.03. The largest absolute Gasteiger partial charge is 0.356 e. The Kier molecular flexibility index (Phi) is 3.68. The maximum absolute atomic E-state index is 9.03. The molecule has 0 saturated heterocycles. The monoisotopic (exact) mass is 309 g/mol. The Bertz CT molecular complexity index is 724. The van der Waals surface area contributed by atoms with Gasteiger partial charge in [-0.15, -0.1) is 0 Å². The summed E-state index contributed by atoms with van der Waals surface area (Å²) in [4.78, 5) is 14.2. The van der Waals surface area contributed by atoms with E-state index in [1.165, 1.54) is 25.7 Å². The van der Waals surface area contributed by atoms with Crippen molar-refractivity contribution in [3.63, 3.8) is 0 Å². The van der Waals surface area contributed by atoms with Gasteiger partial charge >= 0.3 is 0 Å². The first-order chi connectivity index (χ1) is 11.2. The van der Waals surface area contributed by atoms with E-state index in [1.807, 2.05) is 6.20 Å². The van der Waals surface area contributed by atoms with Crippen LogP contribution in [0.4, 0.5) is 5.82 Å². The lowest BCUT2D eigenvalue weighted by Gasteiger charge is -2.43. The van der Waals surface area contributed by atoms with E-state index >= 15 is 0 Å². The second kappa shape index (κ2) is 5.84. The summed E-state index contributed by atoms with van der Waals surface area (Å²) in [5.41, 5.74) is 0.909. The van der Waals surface area contributed by atoms with Gasteiger partial charge in [-0.05, 0) is 56.4 Å². The molecule has 120 valence electrons. The lowest BCUT2D eigenvalue weighted by molar-refractivity contribution is 0.209. The molecule has 2 heterocycles. The first-order valence-corrected chi connectivity index (χ1v) is 8.65. The van der Waals surface area contributed by atoms with Gasteiger partial charge in [0.1, 0.15) is 17.8 Å². The molecule has 0 aromatic carbocycles. The molecule has 0 spiro atoms. The van der Waals surface area contributed by atoms with Crippen molar-refractivity contribution in [2.24, 2.45) is 17.8 Å². The molecule has 4 rings (SSSR count). The number of hydrogen-bond acceptors (Lipinski definition) is 4. The van der Waals surface area contributed by atoms with Crippen molar-refractivity contribution in [3.05, 3.63) is 18.6 Å². The molecule has 0 radical (unpaired) electrons. The Morgan fingerprint density at radius 3 is 2.91 bits per heavy atom. The molecule has 5 heteroatoms. The Labute approximate surface area is 136 Å². The van der Waals surface area contributed by atoms with E-state index in [2.05, 4.69) is 39.0 Å². The van der Waals surface area contributed by atoms with Crippen molar-refractivity contribution in [1.82, 2.24) is 15.0 Å². The molecule has 5 nitrogen and oxygen atoms in total. The summed E-state index contributed by atoms with van der Waals surface area (Å²) in [6.07, 6.45) is 10.9. The predicted octanol–water partition coefficient (Wildman–Crippen LogP) is 3.50. The van der Waals surface area contributed by atoms with Crippen LogP contribution in [0.2, 0.25) is 0 Å². The molecule has 1 N–H and O–H groups in total. The third-order valence-electron chi connectivity index (χ3n) is 5.82. The van der Waals surface area contributed by atoms with E-state index in [4.69, 9.17) is 5.26 Å². The van der Waals surface area contributed by atoms with Crippen LogP contribution in [0.1, 0.15) is 38.5 Å². The SMILES string of the molecule is CN(c1ncnc2[nH]ccc12)C1CC(CC2CCC(C#N)C2)C1. The minimum atomic E-state index is 0.321. The molecule has 2 fully saturated rings. The number of fused-ring (bicyclic) bond motifs is 1. The van der Waals surface area contributed by atoms with Crippen LogP contribution in [-0.2, 0) is 0 Å². The normalized spacial score (nSPS) is 30.1. The van der Waals surface area contributed by atoms with E-state index in [-0.39, 0.29) is 0 Å². The van der Waals surface area contributed by atoms with Gasteiger partial charge in [0.25, 0.3) is 0 Å². The second-order valence-corrected chi connectivity index (χ2v) is 7.28. The van der Waals surface area contributed by atoms with Gasteiger partial charge in [0, 0.05) is 25.2 Å². The highest BCUT2D eigenvalue weighted by Crippen LogP contribution is 2.42. The first kappa shape index (κ1) is 14.5. The molecule has 0 bridgehead atoms. The van der Waals surface area contributed by atoms with Crippen molar-refractivity contribution >= 4 is 16.9 Å². The second-order valence-electron chi connectivity index (χ2n) is 7.28. The van der Waals surface area contributed by atoms with Crippen molar-refractivity contribution in [2.75, 3.05) is 11.9 Å². The van der Waals surface area contributed by atoms with Crippen LogP contribution in [-0.4, -0.2) is 28.0 Å². The first-order valence-electron chi connectivity index (χ1n) is 8.65. The highest BCUT2D eigenvalue weighted by atomic mass is 15.2. The fourth-order valence-electron chi connectivity index (χ4n) is 4.40. The van der Waals surface area contributed by atoms with Gasteiger partial charge in [0.05, 0.1) is 11.5 Å².